The van der Waals surface area contributed by atoms with Gasteiger partial charge < -0.3 is 9.64 Å². The first kappa shape index (κ1) is 15.9. The predicted molar refractivity (Wildman–Crippen MR) is 72.8 cm³/mol. The van der Waals surface area contributed by atoms with Gasteiger partial charge in [0.25, 0.3) is 0 Å². The van der Waals surface area contributed by atoms with Crippen molar-refractivity contribution in [3.63, 3.8) is 0 Å². The molecule has 108 valence electrons. The van der Waals surface area contributed by atoms with E-state index in [0.29, 0.717) is 13.2 Å². The summed E-state index contributed by atoms with van der Waals surface area (Å²) in [5.74, 6) is -0.370. The van der Waals surface area contributed by atoms with Crippen LogP contribution in [0.25, 0.3) is 0 Å². The van der Waals surface area contributed by atoms with E-state index >= 15 is 0 Å². The molecule has 0 saturated heterocycles. The highest BCUT2D eigenvalue weighted by Crippen LogP contribution is 2.20. The molecule has 1 aromatic rings. The highest BCUT2D eigenvalue weighted by Gasteiger charge is 2.11. The summed E-state index contributed by atoms with van der Waals surface area (Å²) in [7, 11) is -1.46. The summed E-state index contributed by atoms with van der Waals surface area (Å²) < 4.78 is 41.5. The van der Waals surface area contributed by atoms with Crippen LogP contribution in [0.4, 0.5) is 4.39 Å². The molecular formula is C13H20FNO3S. The Balaban J connectivity index is 2.67. The molecule has 0 fully saturated rings. The molecule has 0 heterocycles. The Morgan fingerprint density at radius 3 is 2.53 bits per heavy atom. The Bertz CT molecular complexity index is 517. The Morgan fingerprint density at radius 1 is 1.26 bits per heavy atom. The fraction of sp³-hybridized carbons (Fsp3) is 0.538. The lowest BCUT2D eigenvalue weighted by Crippen LogP contribution is -2.24. The van der Waals surface area contributed by atoms with Gasteiger partial charge in [0.15, 0.2) is 9.84 Å². The number of likely N-dealkylation sites (N-methyl/N-ethyl adjacent to an activating group) is 1. The first-order valence-corrected chi connectivity index (χ1v) is 8.04. The minimum Gasteiger partial charge on any atom is -0.492 e. The Labute approximate surface area is 114 Å². The van der Waals surface area contributed by atoms with Gasteiger partial charge in [-0.2, -0.15) is 0 Å². The molecule has 6 heteroatoms. The van der Waals surface area contributed by atoms with Crippen LogP contribution in [0, 0.1) is 5.82 Å². The van der Waals surface area contributed by atoms with Crippen molar-refractivity contribution in [3.8, 4) is 5.75 Å². The van der Waals surface area contributed by atoms with Gasteiger partial charge in [0.1, 0.15) is 18.2 Å². The van der Waals surface area contributed by atoms with Crippen LogP contribution in [0.1, 0.15) is 13.3 Å². The summed E-state index contributed by atoms with van der Waals surface area (Å²) in [5, 5.41) is 0. The van der Waals surface area contributed by atoms with Crippen LogP contribution < -0.4 is 4.74 Å². The maximum absolute atomic E-state index is 13.3. The van der Waals surface area contributed by atoms with Crippen molar-refractivity contribution in [1.29, 1.82) is 0 Å². The van der Waals surface area contributed by atoms with Gasteiger partial charge in [-0.15, -0.1) is 0 Å². The van der Waals surface area contributed by atoms with Crippen LogP contribution in [-0.4, -0.2) is 46.3 Å². The lowest BCUT2D eigenvalue weighted by molar-refractivity contribution is 0.236. The van der Waals surface area contributed by atoms with E-state index in [2.05, 4.69) is 11.8 Å². The molecule has 0 amide bonds. The van der Waals surface area contributed by atoms with Crippen LogP contribution in [0.2, 0.25) is 0 Å². The van der Waals surface area contributed by atoms with E-state index < -0.39 is 15.7 Å². The first-order chi connectivity index (χ1) is 8.82. The molecule has 19 heavy (non-hydrogen) atoms. The van der Waals surface area contributed by atoms with E-state index in [1.54, 1.807) is 0 Å². The van der Waals surface area contributed by atoms with Gasteiger partial charge >= 0.3 is 0 Å². The molecule has 0 bridgehead atoms. The highest BCUT2D eigenvalue weighted by molar-refractivity contribution is 7.90. The summed E-state index contributed by atoms with van der Waals surface area (Å²) in [4.78, 5) is 2.03. The van der Waals surface area contributed by atoms with E-state index in [4.69, 9.17) is 4.74 Å². The standard InChI is InChI=1S/C13H20FNO3S/c1-4-5-15(2)6-7-18-12-8-11(14)9-13(10-12)19(3,16)17/h8-10H,4-7H2,1-3H3. The minimum atomic E-state index is -3.43. The van der Waals surface area contributed by atoms with Gasteiger partial charge in [0.2, 0.25) is 0 Å². The molecule has 4 nitrogen and oxygen atoms in total. The van der Waals surface area contributed by atoms with Gasteiger partial charge in [-0.05, 0) is 32.1 Å². The SMILES string of the molecule is CCCN(C)CCOc1cc(F)cc(S(C)(=O)=O)c1. The van der Waals surface area contributed by atoms with Crippen molar-refractivity contribution < 1.29 is 17.5 Å². The van der Waals surface area contributed by atoms with E-state index in [1.165, 1.54) is 12.1 Å². The van der Waals surface area contributed by atoms with Gasteiger partial charge in [-0.25, -0.2) is 12.8 Å². The fourth-order valence-electron chi connectivity index (χ4n) is 1.65. The minimum absolute atomic E-state index is 0.0654. The third-order valence-corrected chi connectivity index (χ3v) is 3.71. The van der Waals surface area contributed by atoms with Crippen LogP contribution in [0.15, 0.2) is 23.1 Å². The molecule has 0 saturated carbocycles. The fourth-order valence-corrected chi connectivity index (χ4v) is 2.30. The van der Waals surface area contributed by atoms with E-state index in [-0.39, 0.29) is 10.6 Å². The summed E-state index contributed by atoms with van der Waals surface area (Å²) in [6.07, 6.45) is 2.09. The van der Waals surface area contributed by atoms with Gasteiger partial charge in [0.05, 0.1) is 4.90 Å². The number of hydrogen-bond donors (Lipinski definition) is 0. The third kappa shape index (κ3) is 5.57. The van der Waals surface area contributed by atoms with Crippen molar-refractivity contribution in [2.45, 2.75) is 18.2 Å². The Kier molecular flexibility index (Phi) is 5.75. The van der Waals surface area contributed by atoms with Gasteiger partial charge in [0, 0.05) is 18.9 Å². The van der Waals surface area contributed by atoms with Crippen molar-refractivity contribution in [3.05, 3.63) is 24.0 Å². The number of sulfone groups is 1. The maximum atomic E-state index is 13.3. The second kappa shape index (κ2) is 6.86. The highest BCUT2D eigenvalue weighted by atomic mass is 32.2. The topological polar surface area (TPSA) is 46.6 Å². The molecule has 0 aliphatic rings. The predicted octanol–water partition coefficient (Wildman–Crippen LogP) is 1.95. The number of ether oxygens (including phenoxy) is 1. The van der Waals surface area contributed by atoms with Crippen molar-refractivity contribution >= 4 is 9.84 Å². The zero-order valence-corrected chi connectivity index (χ0v) is 12.3. The summed E-state index contributed by atoms with van der Waals surface area (Å²) in [6, 6.07) is 3.53. The number of hydrogen-bond acceptors (Lipinski definition) is 4. The molecule has 0 aliphatic heterocycles. The average molecular weight is 289 g/mol. The molecule has 0 aromatic heterocycles. The van der Waals surface area contributed by atoms with Crippen molar-refractivity contribution in [2.75, 3.05) is 33.0 Å². The molecular weight excluding hydrogens is 269 g/mol. The zero-order valence-electron chi connectivity index (χ0n) is 11.5. The van der Waals surface area contributed by atoms with E-state index in [1.807, 2.05) is 7.05 Å². The quantitative estimate of drug-likeness (QED) is 0.770. The Hall–Kier alpha value is -1.14. The number of rotatable bonds is 7. The maximum Gasteiger partial charge on any atom is 0.175 e. The van der Waals surface area contributed by atoms with E-state index in [0.717, 1.165) is 25.3 Å². The van der Waals surface area contributed by atoms with Gasteiger partial charge in [-0.3, -0.25) is 0 Å². The van der Waals surface area contributed by atoms with Gasteiger partial charge in [-0.1, -0.05) is 6.92 Å². The van der Waals surface area contributed by atoms with Crippen LogP contribution >= 0.6 is 0 Å². The van der Waals surface area contributed by atoms with Crippen molar-refractivity contribution in [2.24, 2.45) is 0 Å². The van der Waals surface area contributed by atoms with Crippen LogP contribution in [0.5, 0.6) is 5.75 Å². The van der Waals surface area contributed by atoms with Crippen molar-refractivity contribution in [1.82, 2.24) is 4.90 Å². The monoisotopic (exact) mass is 289 g/mol. The average Bonchev–Trinajstić information content (AvgIpc) is 2.27. The normalized spacial score (nSPS) is 11.8. The lowest BCUT2D eigenvalue weighted by Gasteiger charge is -2.16. The summed E-state index contributed by atoms with van der Waals surface area (Å²) >= 11 is 0. The third-order valence-electron chi connectivity index (χ3n) is 2.62. The first-order valence-electron chi connectivity index (χ1n) is 6.15. The molecule has 0 N–H and O–H groups in total. The largest absolute Gasteiger partial charge is 0.492 e. The van der Waals surface area contributed by atoms with Crippen LogP contribution in [0.3, 0.4) is 0 Å². The summed E-state index contributed by atoms with van der Waals surface area (Å²) in [6.45, 7) is 4.14. The number of benzene rings is 1. The molecule has 0 unspecified atom stereocenters. The van der Waals surface area contributed by atoms with Crippen LogP contribution in [-0.2, 0) is 9.84 Å². The molecule has 0 radical (unpaired) electrons. The Morgan fingerprint density at radius 2 is 1.95 bits per heavy atom. The lowest BCUT2D eigenvalue weighted by atomic mass is 10.3. The zero-order chi connectivity index (χ0) is 14.5. The van der Waals surface area contributed by atoms with E-state index in [9.17, 15) is 12.8 Å². The number of halogens is 1. The number of nitrogens with zero attached hydrogens (tertiary/aromatic N) is 1. The molecule has 0 spiro atoms. The molecule has 1 rings (SSSR count). The molecule has 0 aliphatic carbocycles. The second-order valence-electron chi connectivity index (χ2n) is 4.55. The molecule has 0 atom stereocenters. The molecule has 1 aromatic carbocycles. The summed E-state index contributed by atoms with van der Waals surface area (Å²) in [5.41, 5.74) is 0. The smallest absolute Gasteiger partial charge is 0.175 e. The second-order valence-corrected chi connectivity index (χ2v) is 6.56.